The van der Waals surface area contributed by atoms with Crippen LogP contribution < -0.4 is 10.6 Å². The van der Waals surface area contributed by atoms with Gasteiger partial charge in [-0.25, -0.2) is 4.79 Å². The molecule has 10 nitrogen and oxygen atoms in total. The van der Waals surface area contributed by atoms with Crippen molar-refractivity contribution in [2.75, 3.05) is 26.0 Å². The highest BCUT2D eigenvalue weighted by Crippen LogP contribution is 2.46. The van der Waals surface area contributed by atoms with Crippen LogP contribution in [0.25, 0.3) is 0 Å². The Kier molecular flexibility index (Phi) is 7.44. The van der Waals surface area contributed by atoms with Crippen molar-refractivity contribution in [2.24, 2.45) is 11.8 Å². The Morgan fingerprint density at radius 2 is 2.00 bits per heavy atom. The third-order valence-corrected chi connectivity index (χ3v) is 7.75. The van der Waals surface area contributed by atoms with Crippen molar-refractivity contribution in [1.82, 2.24) is 15.1 Å². The lowest BCUT2D eigenvalue weighted by Gasteiger charge is -2.35. The van der Waals surface area contributed by atoms with Crippen molar-refractivity contribution in [1.29, 1.82) is 5.26 Å². The third-order valence-electron chi connectivity index (χ3n) is 7.75. The molecule has 0 radical (unpaired) electrons. The fraction of sp³-hybridized carbons (Fsp3) is 0.593. The van der Waals surface area contributed by atoms with Gasteiger partial charge in [-0.3, -0.25) is 14.4 Å². The summed E-state index contributed by atoms with van der Waals surface area (Å²) in [5.74, 6) is -0.537. The Labute approximate surface area is 217 Å². The number of fused-ring (bicyclic) bond motifs is 2. The lowest BCUT2D eigenvalue weighted by molar-refractivity contribution is -0.146. The summed E-state index contributed by atoms with van der Waals surface area (Å²) in [5.41, 5.74) is 0.479. The maximum atomic E-state index is 14.0. The fourth-order valence-corrected chi connectivity index (χ4v) is 5.56. The van der Waals surface area contributed by atoms with Crippen molar-refractivity contribution < 1.29 is 23.9 Å². The lowest BCUT2D eigenvalue weighted by Crippen LogP contribution is -2.56. The summed E-state index contributed by atoms with van der Waals surface area (Å²) in [5, 5.41) is 15.5. The molecule has 4 amide bonds. The summed E-state index contributed by atoms with van der Waals surface area (Å²) in [6, 6.07) is 7.10. The molecule has 4 rings (SSSR count). The van der Waals surface area contributed by atoms with Gasteiger partial charge in [0.05, 0.1) is 18.6 Å². The molecule has 4 atom stereocenters. The Bertz CT molecular complexity index is 1130. The highest BCUT2D eigenvalue weighted by Gasteiger charge is 2.56. The first kappa shape index (κ1) is 26.5. The molecule has 1 spiro atoms. The molecule has 10 heteroatoms. The molecule has 2 N–H and O–H groups in total. The van der Waals surface area contributed by atoms with Crippen LogP contribution in [0.1, 0.15) is 51.5 Å². The van der Waals surface area contributed by atoms with Gasteiger partial charge < -0.3 is 25.2 Å². The van der Waals surface area contributed by atoms with Gasteiger partial charge in [0.15, 0.2) is 0 Å². The summed E-state index contributed by atoms with van der Waals surface area (Å²) < 4.78 is 4.72. The number of alkyl carbamates (subject to hydrolysis) is 1. The van der Waals surface area contributed by atoms with E-state index in [-0.39, 0.29) is 36.6 Å². The SMILES string of the molecule is COC(=O)NC(CC1CC1)C(=O)N(C)[C@@H](CC(C)C)C(=O)N1C[C@]2(C[C@H]1C#N)C(=O)Nc1ccccc12. The monoisotopic (exact) mass is 509 g/mol. The lowest BCUT2D eigenvalue weighted by atomic mass is 9.80. The molecule has 3 aliphatic rings. The van der Waals surface area contributed by atoms with E-state index in [0.717, 1.165) is 18.4 Å². The molecule has 1 unspecified atom stereocenters. The van der Waals surface area contributed by atoms with Gasteiger partial charge in [0, 0.05) is 25.7 Å². The van der Waals surface area contributed by atoms with Crippen molar-refractivity contribution >= 4 is 29.5 Å². The topological polar surface area (TPSA) is 132 Å². The molecular formula is C27H35N5O5. The highest BCUT2D eigenvalue weighted by atomic mass is 16.5. The summed E-state index contributed by atoms with van der Waals surface area (Å²) in [4.78, 5) is 55.5. The van der Waals surface area contributed by atoms with Crippen LogP contribution in [0.5, 0.6) is 0 Å². The minimum absolute atomic E-state index is 0.0649. The van der Waals surface area contributed by atoms with Crippen molar-refractivity contribution in [3.8, 4) is 6.07 Å². The minimum Gasteiger partial charge on any atom is -0.453 e. The number of methoxy groups -OCH3 is 1. The minimum atomic E-state index is -1.00. The zero-order valence-corrected chi connectivity index (χ0v) is 21.8. The molecule has 2 heterocycles. The molecule has 1 aromatic rings. The largest absolute Gasteiger partial charge is 0.453 e. The van der Waals surface area contributed by atoms with Gasteiger partial charge in [-0.1, -0.05) is 44.9 Å². The second-order valence-corrected chi connectivity index (χ2v) is 10.9. The van der Waals surface area contributed by atoms with Gasteiger partial charge in [-0.2, -0.15) is 5.26 Å². The van der Waals surface area contributed by atoms with Crippen molar-refractivity contribution in [3.05, 3.63) is 29.8 Å². The number of carbonyl (C=O) groups is 4. The molecule has 0 bridgehead atoms. The number of hydrogen-bond acceptors (Lipinski definition) is 6. The number of amides is 4. The quantitative estimate of drug-likeness (QED) is 0.553. The molecule has 2 fully saturated rings. The van der Waals surface area contributed by atoms with Gasteiger partial charge in [-0.15, -0.1) is 0 Å². The summed E-state index contributed by atoms with van der Waals surface area (Å²) in [6.07, 6.45) is 2.34. The van der Waals surface area contributed by atoms with E-state index in [9.17, 15) is 24.4 Å². The molecular weight excluding hydrogens is 474 g/mol. The molecule has 37 heavy (non-hydrogen) atoms. The predicted octanol–water partition coefficient (Wildman–Crippen LogP) is 2.40. The second-order valence-electron chi connectivity index (χ2n) is 10.9. The maximum absolute atomic E-state index is 14.0. The Balaban J connectivity index is 1.60. The fourth-order valence-electron chi connectivity index (χ4n) is 5.56. The van der Waals surface area contributed by atoms with Crippen LogP contribution >= 0.6 is 0 Å². The van der Waals surface area contributed by atoms with Crippen LogP contribution in [0.3, 0.4) is 0 Å². The van der Waals surface area contributed by atoms with Crippen LogP contribution in [-0.2, 0) is 24.5 Å². The van der Waals surface area contributed by atoms with Gasteiger partial charge >= 0.3 is 6.09 Å². The number of carbonyl (C=O) groups excluding carboxylic acids is 4. The van der Waals surface area contributed by atoms with Crippen molar-refractivity contribution in [2.45, 2.75) is 69.5 Å². The maximum Gasteiger partial charge on any atom is 0.407 e. The number of hydrogen-bond donors (Lipinski definition) is 2. The first-order chi connectivity index (χ1) is 17.6. The smallest absolute Gasteiger partial charge is 0.407 e. The second kappa shape index (κ2) is 10.4. The number of benzene rings is 1. The van der Waals surface area contributed by atoms with E-state index in [1.807, 2.05) is 38.1 Å². The van der Waals surface area contributed by atoms with E-state index in [1.54, 1.807) is 7.05 Å². The average molecular weight is 510 g/mol. The van der Waals surface area contributed by atoms with E-state index in [4.69, 9.17) is 4.74 Å². The first-order valence-corrected chi connectivity index (χ1v) is 12.8. The van der Waals surface area contributed by atoms with Crippen LogP contribution in [0, 0.1) is 23.2 Å². The molecule has 1 aromatic carbocycles. The van der Waals surface area contributed by atoms with E-state index in [0.29, 0.717) is 24.4 Å². The standard InChI is InChI=1S/C27H35N5O5/c1-16(2)11-22(31(3)23(33)21(12-17-9-10-17)30-26(36)37-4)24(34)32-15-27(13-18(32)14-28)19-7-5-6-8-20(19)29-25(27)35/h5-8,16-18,21-22H,9-13,15H2,1-4H3,(H,29,35)(H,30,36)/t18-,21?,22-,27-/m0/s1. The molecule has 1 saturated carbocycles. The number of likely N-dealkylation sites (N-methyl/N-ethyl adjacent to an activating group) is 1. The number of rotatable bonds is 8. The number of para-hydroxylation sites is 1. The first-order valence-electron chi connectivity index (χ1n) is 12.8. The van der Waals surface area contributed by atoms with Gasteiger partial charge in [0.1, 0.15) is 18.1 Å². The third kappa shape index (κ3) is 5.13. The number of nitrogens with one attached hydrogen (secondary N) is 2. The van der Waals surface area contributed by atoms with Gasteiger partial charge in [0.25, 0.3) is 0 Å². The van der Waals surface area contributed by atoms with E-state index < -0.39 is 29.6 Å². The Hall–Kier alpha value is -3.61. The highest BCUT2D eigenvalue weighted by molar-refractivity contribution is 6.07. The Morgan fingerprint density at radius 1 is 1.30 bits per heavy atom. The summed E-state index contributed by atoms with van der Waals surface area (Å²) in [7, 11) is 2.81. The molecule has 1 saturated heterocycles. The van der Waals surface area contributed by atoms with Crippen LogP contribution in [0.2, 0.25) is 0 Å². The summed E-state index contributed by atoms with van der Waals surface area (Å²) in [6.45, 7) is 3.98. The van der Waals surface area contributed by atoms with Crippen molar-refractivity contribution in [3.63, 3.8) is 0 Å². The van der Waals surface area contributed by atoms with Crippen LogP contribution in [-0.4, -0.2) is 72.4 Å². The zero-order valence-electron chi connectivity index (χ0n) is 21.8. The van der Waals surface area contributed by atoms with E-state index in [1.165, 1.54) is 16.9 Å². The number of nitrogens with zero attached hydrogens (tertiary/aromatic N) is 3. The normalized spacial score (nSPS) is 23.7. The Morgan fingerprint density at radius 3 is 2.62 bits per heavy atom. The number of ether oxygens (including phenoxy) is 1. The van der Waals surface area contributed by atoms with Crippen LogP contribution in [0.15, 0.2) is 24.3 Å². The average Bonchev–Trinajstić information content (AvgIpc) is 3.55. The van der Waals surface area contributed by atoms with Gasteiger partial charge in [-0.05, 0) is 36.3 Å². The summed E-state index contributed by atoms with van der Waals surface area (Å²) >= 11 is 0. The van der Waals surface area contributed by atoms with Gasteiger partial charge in [0.2, 0.25) is 17.7 Å². The van der Waals surface area contributed by atoms with Crippen LogP contribution in [0.4, 0.5) is 10.5 Å². The molecule has 1 aliphatic carbocycles. The number of nitriles is 1. The predicted molar refractivity (Wildman–Crippen MR) is 135 cm³/mol. The number of anilines is 1. The molecule has 2 aliphatic heterocycles. The van der Waals surface area contributed by atoms with E-state index in [2.05, 4.69) is 16.7 Å². The van der Waals surface area contributed by atoms with E-state index >= 15 is 0 Å². The molecule has 198 valence electrons. The number of likely N-dealkylation sites (tertiary alicyclic amines) is 1. The zero-order chi connectivity index (χ0) is 26.9. The molecule has 0 aromatic heterocycles.